The van der Waals surface area contributed by atoms with Gasteiger partial charge in [-0.1, -0.05) is 32.9 Å². The van der Waals surface area contributed by atoms with Crippen molar-refractivity contribution in [2.75, 3.05) is 20.3 Å². The minimum atomic E-state index is -1.01. The number of aliphatic hydroxyl groups is 1. The number of fused-ring (bicyclic) bond motifs is 1. The summed E-state index contributed by atoms with van der Waals surface area (Å²) in [5.41, 5.74) is 6.84. The Balaban J connectivity index is 1.47. The molecule has 2 aliphatic rings. The van der Waals surface area contributed by atoms with E-state index in [4.69, 9.17) is 4.74 Å². The number of hydrogen-bond acceptors (Lipinski definition) is 4. The third-order valence-electron chi connectivity index (χ3n) is 7.04. The van der Waals surface area contributed by atoms with Gasteiger partial charge in [0, 0.05) is 42.9 Å². The Bertz CT molecular complexity index is 1010. The molecule has 1 aliphatic heterocycles. The molecule has 2 aromatic heterocycles. The Morgan fingerprint density at radius 1 is 1.39 bits per heavy atom. The lowest BCUT2D eigenvalue weighted by molar-refractivity contribution is -0.146. The smallest absolute Gasteiger partial charge is 0.252 e. The summed E-state index contributed by atoms with van der Waals surface area (Å²) in [5, 5.41) is 18.4. The van der Waals surface area contributed by atoms with Crippen LogP contribution in [0.3, 0.4) is 0 Å². The van der Waals surface area contributed by atoms with E-state index in [1.165, 1.54) is 5.56 Å². The quantitative estimate of drug-likeness (QED) is 0.617. The fourth-order valence-corrected chi connectivity index (χ4v) is 4.79. The molecule has 33 heavy (non-hydrogen) atoms. The number of amides is 1. The van der Waals surface area contributed by atoms with Gasteiger partial charge in [-0.25, -0.2) is 0 Å². The number of nitrogens with zero attached hydrogens (tertiary/aromatic N) is 2. The fraction of sp³-hybridized carbons (Fsp3) is 0.615. The number of aliphatic hydroxyl groups excluding tert-OH is 1. The molecule has 7 heteroatoms. The van der Waals surface area contributed by atoms with Crippen LogP contribution in [-0.2, 0) is 22.4 Å². The number of ether oxygens (including phenoxy) is 1. The van der Waals surface area contributed by atoms with Crippen LogP contribution in [0.25, 0.3) is 17.5 Å². The van der Waals surface area contributed by atoms with Crippen molar-refractivity contribution in [2.45, 2.75) is 71.9 Å². The third-order valence-corrected chi connectivity index (χ3v) is 7.04. The maximum absolute atomic E-state index is 12.9. The van der Waals surface area contributed by atoms with Gasteiger partial charge in [0.2, 0.25) is 0 Å². The van der Waals surface area contributed by atoms with Crippen molar-refractivity contribution in [1.29, 1.82) is 0 Å². The van der Waals surface area contributed by atoms with Gasteiger partial charge in [-0.15, -0.1) is 0 Å². The first-order valence-electron chi connectivity index (χ1n) is 12.1. The van der Waals surface area contributed by atoms with Gasteiger partial charge in [-0.3, -0.25) is 9.89 Å². The van der Waals surface area contributed by atoms with E-state index in [0.717, 1.165) is 54.0 Å². The first-order chi connectivity index (χ1) is 15.6. The standard InChI is InChI=1S/C26H38N4O3/c1-16-20(10-11-26(2,3)4)23(29-28-16)22-13-17-8-9-19(14-21(17)27-22)30(5)25(32)24(31)18-7-6-12-33-15-18/h8-9,13,18-19,24,27,31H,6-7,10-12,14-15H2,1-5H3,(H,28,29). The minimum absolute atomic E-state index is 0.100. The van der Waals surface area contributed by atoms with Crippen LogP contribution in [-0.4, -0.2) is 63.5 Å². The average molecular weight is 455 g/mol. The van der Waals surface area contributed by atoms with Crippen LogP contribution in [0.4, 0.5) is 0 Å². The Labute approximate surface area is 196 Å². The number of nitrogens with one attached hydrogen (secondary N) is 2. The number of aryl methyl sites for hydroxylation is 1. The number of carbonyl (C=O) groups is 1. The zero-order valence-corrected chi connectivity index (χ0v) is 20.6. The summed E-state index contributed by atoms with van der Waals surface area (Å²) in [5.74, 6) is -0.355. The molecule has 3 heterocycles. The molecule has 0 bridgehead atoms. The van der Waals surface area contributed by atoms with Gasteiger partial charge in [0.1, 0.15) is 11.8 Å². The zero-order valence-electron chi connectivity index (χ0n) is 20.6. The van der Waals surface area contributed by atoms with E-state index >= 15 is 0 Å². The van der Waals surface area contributed by atoms with Crippen LogP contribution in [0.15, 0.2) is 12.1 Å². The van der Waals surface area contributed by atoms with E-state index in [9.17, 15) is 9.90 Å². The predicted molar refractivity (Wildman–Crippen MR) is 130 cm³/mol. The number of aromatic amines is 2. The highest BCUT2D eigenvalue weighted by molar-refractivity contribution is 5.82. The largest absolute Gasteiger partial charge is 0.383 e. The number of H-pyrrole nitrogens is 2. The summed E-state index contributed by atoms with van der Waals surface area (Å²) in [7, 11) is 1.78. The molecule has 0 spiro atoms. The average Bonchev–Trinajstić information content (AvgIpc) is 3.38. The molecule has 0 aromatic carbocycles. The van der Waals surface area contributed by atoms with Crippen LogP contribution in [0.1, 0.15) is 62.5 Å². The van der Waals surface area contributed by atoms with E-state index in [2.05, 4.69) is 61.1 Å². The molecule has 1 fully saturated rings. The maximum Gasteiger partial charge on any atom is 0.252 e. The van der Waals surface area contributed by atoms with Gasteiger partial charge in [0.15, 0.2) is 0 Å². The summed E-state index contributed by atoms with van der Waals surface area (Å²) in [4.78, 5) is 18.2. The summed E-state index contributed by atoms with van der Waals surface area (Å²) in [6, 6.07) is 2.05. The second-order valence-corrected chi connectivity index (χ2v) is 10.9. The first-order valence-corrected chi connectivity index (χ1v) is 12.1. The Kier molecular flexibility index (Phi) is 6.82. The SMILES string of the molecule is Cc1[nH]nc(-c2cc3c([nH]2)CC(N(C)C(=O)C(O)C2CCCOC2)C=C3)c1CCC(C)(C)C. The molecule has 3 N–H and O–H groups in total. The van der Waals surface area contributed by atoms with Crippen molar-refractivity contribution in [1.82, 2.24) is 20.1 Å². The van der Waals surface area contributed by atoms with Gasteiger partial charge in [-0.2, -0.15) is 5.10 Å². The van der Waals surface area contributed by atoms with E-state index in [0.29, 0.717) is 19.6 Å². The van der Waals surface area contributed by atoms with Crippen LogP contribution in [0, 0.1) is 18.3 Å². The monoisotopic (exact) mass is 454 g/mol. The Morgan fingerprint density at radius 3 is 2.88 bits per heavy atom. The predicted octanol–water partition coefficient (Wildman–Crippen LogP) is 3.88. The number of aromatic nitrogens is 3. The van der Waals surface area contributed by atoms with Crippen LogP contribution < -0.4 is 0 Å². The van der Waals surface area contributed by atoms with Crippen molar-refractivity contribution in [3.63, 3.8) is 0 Å². The van der Waals surface area contributed by atoms with E-state index in [-0.39, 0.29) is 23.3 Å². The van der Waals surface area contributed by atoms with Crippen LogP contribution in [0.2, 0.25) is 0 Å². The van der Waals surface area contributed by atoms with Gasteiger partial charge in [-0.05, 0) is 49.7 Å². The topological polar surface area (TPSA) is 94.2 Å². The molecule has 3 unspecified atom stereocenters. The Hall–Kier alpha value is -2.38. The molecule has 4 rings (SSSR count). The summed E-state index contributed by atoms with van der Waals surface area (Å²) < 4.78 is 5.46. The number of carbonyl (C=O) groups excluding carboxylic acids is 1. The fourth-order valence-electron chi connectivity index (χ4n) is 4.79. The Morgan fingerprint density at radius 2 is 2.18 bits per heavy atom. The van der Waals surface area contributed by atoms with Crippen LogP contribution >= 0.6 is 0 Å². The molecule has 2 aromatic rings. The number of hydrogen-bond donors (Lipinski definition) is 3. The lowest BCUT2D eigenvalue weighted by atomic mass is 9.88. The third kappa shape index (κ3) is 5.25. The highest BCUT2D eigenvalue weighted by Gasteiger charge is 2.33. The molecular formula is C26H38N4O3. The molecular weight excluding hydrogens is 416 g/mol. The minimum Gasteiger partial charge on any atom is -0.383 e. The lowest BCUT2D eigenvalue weighted by Crippen LogP contribution is -2.47. The molecule has 7 nitrogen and oxygen atoms in total. The molecule has 1 saturated heterocycles. The number of rotatable bonds is 6. The van der Waals surface area contributed by atoms with Crippen molar-refractivity contribution >= 4 is 12.0 Å². The highest BCUT2D eigenvalue weighted by Crippen LogP contribution is 2.32. The summed E-state index contributed by atoms with van der Waals surface area (Å²) >= 11 is 0. The number of likely N-dealkylation sites (N-methyl/N-ethyl adjacent to an activating group) is 1. The molecule has 1 amide bonds. The second kappa shape index (κ2) is 9.47. The van der Waals surface area contributed by atoms with Crippen molar-refractivity contribution in [3.05, 3.63) is 34.7 Å². The van der Waals surface area contributed by atoms with Gasteiger partial charge >= 0.3 is 0 Å². The van der Waals surface area contributed by atoms with Gasteiger partial charge in [0.05, 0.1) is 18.3 Å². The molecule has 0 saturated carbocycles. The first kappa shape index (κ1) is 23.8. The molecule has 3 atom stereocenters. The molecule has 0 radical (unpaired) electrons. The van der Waals surface area contributed by atoms with Crippen molar-refractivity contribution < 1.29 is 14.6 Å². The molecule has 1 aliphatic carbocycles. The van der Waals surface area contributed by atoms with Gasteiger partial charge < -0.3 is 19.7 Å². The van der Waals surface area contributed by atoms with Crippen LogP contribution in [0.5, 0.6) is 0 Å². The van der Waals surface area contributed by atoms with E-state index < -0.39 is 6.10 Å². The second-order valence-electron chi connectivity index (χ2n) is 10.9. The van der Waals surface area contributed by atoms with E-state index in [1.54, 1.807) is 11.9 Å². The summed E-state index contributed by atoms with van der Waals surface area (Å²) in [6.07, 6.45) is 7.57. The lowest BCUT2D eigenvalue weighted by Gasteiger charge is -2.33. The zero-order chi connectivity index (χ0) is 23.8. The summed E-state index contributed by atoms with van der Waals surface area (Å²) in [6.45, 7) is 10.0. The maximum atomic E-state index is 12.9. The molecule has 180 valence electrons. The highest BCUT2D eigenvalue weighted by atomic mass is 16.5. The normalized spacial score (nSPS) is 21.6. The van der Waals surface area contributed by atoms with Crippen molar-refractivity contribution in [3.8, 4) is 11.4 Å². The van der Waals surface area contributed by atoms with Crippen molar-refractivity contribution in [2.24, 2.45) is 11.3 Å². The van der Waals surface area contributed by atoms with Gasteiger partial charge in [0.25, 0.3) is 5.91 Å². The van der Waals surface area contributed by atoms with E-state index in [1.807, 2.05) is 0 Å².